The van der Waals surface area contributed by atoms with Gasteiger partial charge in [-0.1, -0.05) is 117 Å². The third kappa shape index (κ3) is 4.33. The van der Waals surface area contributed by atoms with E-state index in [4.69, 9.17) is 0 Å². The van der Waals surface area contributed by atoms with Crippen LogP contribution in [0, 0.1) is 0 Å². The Hall–Kier alpha value is -5.86. The highest BCUT2D eigenvalue weighted by Gasteiger charge is 2.35. The number of fused-ring (bicyclic) bond motifs is 6. The fourth-order valence-electron chi connectivity index (χ4n) is 7.68. The summed E-state index contributed by atoms with van der Waals surface area (Å²) in [6.45, 7) is 4.67. The Labute approximate surface area is 275 Å². The van der Waals surface area contributed by atoms with Crippen LogP contribution in [-0.2, 0) is 5.41 Å². The van der Waals surface area contributed by atoms with Gasteiger partial charge >= 0.3 is 0 Å². The van der Waals surface area contributed by atoms with Gasteiger partial charge < -0.3 is 9.47 Å². The van der Waals surface area contributed by atoms with Gasteiger partial charge in [0, 0.05) is 38.9 Å². The minimum Gasteiger partial charge on any atom is -0.311 e. The molecule has 0 fully saturated rings. The minimum absolute atomic E-state index is 0.0155. The van der Waals surface area contributed by atoms with Crippen LogP contribution in [0.1, 0.15) is 25.0 Å². The second-order valence-electron chi connectivity index (χ2n) is 13.0. The maximum Gasteiger partial charge on any atom is 0.0541 e. The molecule has 0 saturated carbocycles. The summed E-state index contributed by atoms with van der Waals surface area (Å²) in [6.07, 6.45) is 0. The Balaban J connectivity index is 1.09. The van der Waals surface area contributed by atoms with Crippen LogP contribution in [0.15, 0.2) is 170 Å². The van der Waals surface area contributed by atoms with Gasteiger partial charge in [-0.15, -0.1) is 0 Å². The second-order valence-corrected chi connectivity index (χ2v) is 13.0. The van der Waals surface area contributed by atoms with Crippen molar-refractivity contribution in [2.24, 2.45) is 0 Å². The molecule has 0 aliphatic heterocycles. The number of para-hydroxylation sites is 3. The van der Waals surface area contributed by atoms with Crippen LogP contribution in [-0.4, -0.2) is 4.57 Å². The molecule has 47 heavy (non-hydrogen) atoms. The van der Waals surface area contributed by atoms with Gasteiger partial charge in [-0.2, -0.15) is 0 Å². The average Bonchev–Trinajstić information content (AvgIpc) is 3.58. The van der Waals surface area contributed by atoms with E-state index in [1.165, 1.54) is 55.2 Å². The predicted molar refractivity (Wildman–Crippen MR) is 198 cm³/mol. The average molecular weight is 603 g/mol. The molecule has 7 aromatic carbocycles. The summed E-state index contributed by atoms with van der Waals surface area (Å²) in [5.41, 5.74) is 14.9. The van der Waals surface area contributed by atoms with Crippen molar-refractivity contribution in [3.8, 4) is 27.9 Å². The molecule has 1 aliphatic carbocycles. The molecule has 0 unspecified atom stereocenters. The summed E-state index contributed by atoms with van der Waals surface area (Å²) in [4.78, 5) is 2.33. The standard InChI is InChI=1S/C45H34N2/c1-45(2)41-17-9-6-14-37(41)40-30-32(22-29-42(40)45)31-20-23-34(24-21-31)46(33-12-4-3-5-13-33)35-25-27-36(28-26-35)47-43-18-10-7-15-38(43)39-16-8-11-19-44(39)47/h3-30H,1-2H3. The first-order chi connectivity index (χ1) is 23.1. The monoisotopic (exact) mass is 602 g/mol. The van der Waals surface area contributed by atoms with Gasteiger partial charge in [-0.3, -0.25) is 0 Å². The molecule has 0 radical (unpaired) electrons. The molecule has 1 aromatic heterocycles. The summed E-state index contributed by atoms with van der Waals surface area (Å²) in [7, 11) is 0. The molecule has 0 atom stereocenters. The Bertz CT molecular complexity index is 2360. The number of anilines is 3. The van der Waals surface area contributed by atoms with Crippen molar-refractivity contribution in [1.82, 2.24) is 4.57 Å². The Morgan fingerprint density at radius 2 is 0.936 bits per heavy atom. The largest absolute Gasteiger partial charge is 0.311 e. The van der Waals surface area contributed by atoms with Crippen molar-refractivity contribution in [3.63, 3.8) is 0 Å². The topological polar surface area (TPSA) is 8.17 Å². The fraction of sp³-hybridized carbons (Fsp3) is 0.0667. The number of hydrogen-bond acceptors (Lipinski definition) is 1. The van der Waals surface area contributed by atoms with Gasteiger partial charge in [-0.05, 0) is 100 Å². The van der Waals surface area contributed by atoms with Gasteiger partial charge in [0.1, 0.15) is 0 Å². The van der Waals surface area contributed by atoms with E-state index in [0.717, 1.165) is 22.7 Å². The van der Waals surface area contributed by atoms with E-state index in [0.29, 0.717) is 0 Å². The van der Waals surface area contributed by atoms with Crippen LogP contribution >= 0.6 is 0 Å². The lowest BCUT2D eigenvalue weighted by molar-refractivity contribution is 0.660. The molecule has 2 heteroatoms. The minimum atomic E-state index is 0.0155. The normalized spacial score (nSPS) is 13.1. The number of rotatable bonds is 5. The predicted octanol–water partition coefficient (Wildman–Crippen LogP) is 12.2. The van der Waals surface area contributed by atoms with Crippen LogP contribution in [0.25, 0.3) is 49.7 Å². The molecule has 0 spiro atoms. The van der Waals surface area contributed by atoms with Crippen LogP contribution < -0.4 is 4.90 Å². The number of benzene rings is 7. The third-order valence-corrected chi connectivity index (χ3v) is 10.0. The summed E-state index contributed by atoms with van der Waals surface area (Å²) < 4.78 is 2.37. The van der Waals surface area contributed by atoms with E-state index in [1.807, 2.05) is 0 Å². The molecule has 0 bridgehead atoms. The number of hydrogen-bond donors (Lipinski definition) is 0. The van der Waals surface area contributed by atoms with E-state index in [-0.39, 0.29) is 5.41 Å². The van der Waals surface area contributed by atoms with Crippen molar-refractivity contribution in [2.45, 2.75) is 19.3 Å². The third-order valence-electron chi connectivity index (χ3n) is 10.0. The zero-order valence-electron chi connectivity index (χ0n) is 26.6. The molecule has 1 aliphatic rings. The van der Waals surface area contributed by atoms with Crippen LogP contribution in [0.5, 0.6) is 0 Å². The van der Waals surface area contributed by atoms with Gasteiger partial charge in [0.15, 0.2) is 0 Å². The van der Waals surface area contributed by atoms with Gasteiger partial charge in [0.25, 0.3) is 0 Å². The molecule has 0 saturated heterocycles. The van der Waals surface area contributed by atoms with E-state index in [9.17, 15) is 0 Å². The zero-order valence-corrected chi connectivity index (χ0v) is 26.6. The smallest absolute Gasteiger partial charge is 0.0541 e. The highest BCUT2D eigenvalue weighted by molar-refractivity contribution is 6.09. The van der Waals surface area contributed by atoms with Crippen molar-refractivity contribution < 1.29 is 0 Å². The summed E-state index contributed by atoms with van der Waals surface area (Å²) in [5.74, 6) is 0. The van der Waals surface area contributed by atoms with E-state index >= 15 is 0 Å². The highest BCUT2D eigenvalue weighted by atomic mass is 15.1. The van der Waals surface area contributed by atoms with Crippen LogP contribution in [0.2, 0.25) is 0 Å². The second kappa shape index (κ2) is 10.6. The van der Waals surface area contributed by atoms with Gasteiger partial charge in [0.05, 0.1) is 11.0 Å². The SMILES string of the molecule is CC1(C)c2ccccc2-c2cc(-c3ccc(N(c4ccccc4)c4ccc(-n5c6ccccc6c6ccccc65)cc4)cc3)ccc21. The van der Waals surface area contributed by atoms with Crippen LogP contribution in [0.4, 0.5) is 17.1 Å². The van der Waals surface area contributed by atoms with E-state index in [2.05, 4.69) is 193 Å². The Morgan fingerprint density at radius 3 is 1.62 bits per heavy atom. The lowest BCUT2D eigenvalue weighted by atomic mass is 9.82. The van der Waals surface area contributed by atoms with E-state index in [1.54, 1.807) is 0 Å². The molecular formula is C45H34N2. The summed E-state index contributed by atoms with van der Waals surface area (Å²) in [6, 6.07) is 61.7. The number of aromatic nitrogens is 1. The Kier molecular flexibility index (Phi) is 6.20. The molecule has 8 aromatic rings. The molecule has 1 heterocycles. The lowest BCUT2D eigenvalue weighted by Gasteiger charge is -2.26. The first kappa shape index (κ1) is 27.5. The van der Waals surface area contributed by atoms with Crippen LogP contribution in [0.3, 0.4) is 0 Å². The molecular weight excluding hydrogens is 569 g/mol. The molecule has 2 nitrogen and oxygen atoms in total. The summed E-state index contributed by atoms with van der Waals surface area (Å²) in [5, 5.41) is 2.55. The molecule has 0 amide bonds. The maximum atomic E-state index is 2.38. The first-order valence-corrected chi connectivity index (χ1v) is 16.4. The van der Waals surface area contributed by atoms with Gasteiger partial charge in [0.2, 0.25) is 0 Å². The zero-order chi connectivity index (χ0) is 31.5. The highest BCUT2D eigenvalue weighted by Crippen LogP contribution is 2.49. The molecule has 9 rings (SSSR count). The van der Waals surface area contributed by atoms with E-state index < -0.39 is 0 Å². The van der Waals surface area contributed by atoms with Crippen molar-refractivity contribution in [2.75, 3.05) is 4.90 Å². The van der Waals surface area contributed by atoms with Gasteiger partial charge in [-0.25, -0.2) is 0 Å². The molecule has 0 N–H and O–H groups in total. The maximum absolute atomic E-state index is 2.38. The first-order valence-electron chi connectivity index (χ1n) is 16.4. The van der Waals surface area contributed by atoms with Crippen molar-refractivity contribution in [3.05, 3.63) is 181 Å². The van der Waals surface area contributed by atoms with Crippen molar-refractivity contribution in [1.29, 1.82) is 0 Å². The quantitative estimate of drug-likeness (QED) is 0.190. The Morgan fingerprint density at radius 1 is 0.426 bits per heavy atom. The lowest BCUT2D eigenvalue weighted by Crippen LogP contribution is -2.14. The summed E-state index contributed by atoms with van der Waals surface area (Å²) >= 11 is 0. The fourth-order valence-corrected chi connectivity index (χ4v) is 7.68. The number of nitrogens with zero attached hydrogens (tertiary/aromatic N) is 2. The van der Waals surface area contributed by atoms with Crippen molar-refractivity contribution >= 4 is 38.9 Å². The molecule has 224 valence electrons.